The number of rotatable bonds is 2. The first-order valence-corrected chi connectivity index (χ1v) is 3.40. The first-order valence-electron chi connectivity index (χ1n) is 3.40. The van der Waals surface area contributed by atoms with Crippen molar-refractivity contribution in [2.24, 2.45) is 5.18 Å². The second-order valence-electron chi connectivity index (χ2n) is 2.43. The molecule has 0 aliphatic rings. The second kappa shape index (κ2) is 3.21. The fourth-order valence-corrected chi connectivity index (χ4v) is 0.952. The van der Waals surface area contributed by atoms with Gasteiger partial charge in [-0.25, -0.2) is 0 Å². The highest BCUT2D eigenvalue weighted by atomic mass is 16.5. The Hall–Kier alpha value is -1.58. The van der Waals surface area contributed by atoms with Crippen molar-refractivity contribution >= 4 is 5.69 Å². The Bertz CT molecular complexity index is 309. The highest BCUT2D eigenvalue weighted by molar-refractivity contribution is 5.60. The fourth-order valence-electron chi connectivity index (χ4n) is 0.952. The van der Waals surface area contributed by atoms with Gasteiger partial charge < -0.3 is 9.84 Å². The van der Waals surface area contributed by atoms with Gasteiger partial charge in [0.2, 0.25) is 0 Å². The zero-order chi connectivity index (χ0) is 9.14. The van der Waals surface area contributed by atoms with Gasteiger partial charge in [-0.15, -0.1) is 4.91 Å². The molecule has 64 valence electrons. The van der Waals surface area contributed by atoms with E-state index in [1.807, 2.05) is 0 Å². The molecule has 0 amide bonds. The smallest absolute Gasteiger partial charge is 0.187 e. The van der Waals surface area contributed by atoms with E-state index in [0.717, 1.165) is 5.56 Å². The number of ether oxygens (including phenoxy) is 1. The lowest BCUT2D eigenvalue weighted by molar-refractivity contribution is 0.374. The Balaban J connectivity index is 3.31. The molecule has 0 spiro atoms. The maximum atomic E-state index is 10.2. The maximum Gasteiger partial charge on any atom is 0.187 e. The second-order valence-corrected chi connectivity index (χ2v) is 2.43. The van der Waals surface area contributed by atoms with E-state index < -0.39 is 0 Å². The van der Waals surface area contributed by atoms with E-state index in [9.17, 15) is 10.0 Å². The summed E-state index contributed by atoms with van der Waals surface area (Å²) < 4.78 is 4.82. The largest absolute Gasteiger partial charge is 0.503 e. The lowest BCUT2D eigenvalue weighted by Gasteiger charge is -2.04. The number of phenolic OH excluding ortho intramolecular Hbond substituents is 1. The summed E-state index contributed by atoms with van der Waals surface area (Å²) in [5, 5.41) is 12.0. The Morgan fingerprint density at radius 2 is 2.17 bits per heavy atom. The number of phenols is 1. The number of aromatic hydroxyl groups is 1. The third-order valence-electron chi connectivity index (χ3n) is 1.52. The van der Waals surface area contributed by atoms with Gasteiger partial charge in [-0.3, -0.25) is 0 Å². The molecule has 12 heavy (non-hydrogen) atoms. The SMILES string of the molecule is COc1cc(C)cc(N=O)c1O. The predicted octanol–water partition coefficient (Wildman–Crippen LogP) is 2.11. The van der Waals surface area contributed by atoms with Crippen molar-refractivity contribution in [3.05, 3.63) is 22.6 Å². The third-order valence-corrected chi connectivity index (χ3v) is 1.52. The van der Waals surface area contributed by atoms with Gasteiger partial charge in [0.1, 0.15) is 0 Å². The summed E-state index contributed by atoms with van der Waals surface area (Å²) in [6.07, 6.45) is 0. The summed E-state index contributed by atoms with van der Waals surface area (Å²) in [7, 11) is 1.42. The molecule has 0 saturated carbocycles. The van der Waals surface area contributed by atoms with Gasteiger partial charge in [0.05, 0.1) is 7.11 Å². The third kappa shape index (κ3) is 1.37. The minimum absolute atomic E-state index is 0.00634. The van der Waals surface area contributed by atoms with Crippen molar-refractivity contribution in [3.8, 4) is 11.5 Å². The molecule has 0 radical (unpaired) electrons. The number of benzene rings is 1. The molecule has 0 saturated heterocycles. The van der Waals surface area contributed by atoms with Crippen LogP contribution in [0.3, 0.4) is 0 Å². The van der Waals surface area contributed by atoms with Crippen LogP contribution in [-0.4, -0.2) is 12.2 Å². The fraction of sp³-hybridized carbons (Fsp3) is 0.250. The number of nitroso groups, excluding NO2 is 1. The van der Waals surface area contributed by atoms with Crippen LogP contribution in [0.4, 0.5) is 5.69 Å². The molecule has 0 aliphatic heterocycles. The molecule has 1 aromatic rings. The Kier molecular flexibility index (Phi) is 2.28. The highest BCUT2D eigenvalue weighted by Gasteiger charge is 2.08. The van der Waals surface area contributed by atoms with Crippen LogP contribution >= 0.6 is 0 Å². The van der Waals surface area contributed by atoms with Crippen molar-refractivity contribution in [3.63, 3.8) is 0 Å². The van der Waals surface area contributed by atoms with E-state index in [0.29, 0.717) is 0 Å². The van der Waals surface area contributed by atoms with E-state index in [1.165, 1.54) is 13.2 Å². The molecule has 4 nitrogen and oxygen atoms in total. The quantitative estimate of drug-likeness (QED) is 0.686. The van der Waals surface area contributed by atoms with Gasteiger partial charge in [-0.2, -0.15) is 0 Å². The number of aryl methyl sites for hydroxylation is 1. The molecule has 0 unspecified atom stereocenters. The zero-order valence-electron chi connectivity index (χ0n) is 6.87. The van der Waals surface area contributed by atoms with Crippen LogP contribution < -0.4 is 4.74 Å². The highest BCUT2D eigenvalue weighted by Crippen LogP contribution is 2.36. The van der Waals surface area contributed by atoms with Crippen LogP contribution in [0.25, 0.3) is 0 Å². The monoisotopic (exact) mass is 167 g/mol. The van der Waals surface area contributed by atoms with Crippen LogP contribution in [-0.2, 0) is 0 Å². The van der Waals surface area contributed by atoms with Gasteiger partial charge in [0, 0.05) is 0 Å². The molecule has 0 fully saturated rings. The molecule has 0 bridgehead atoms. The summed E-state index contributed by atoms with van der Waals surface area (Å²) in [6, 6.07) is 3.12. The van der Waals surface area contributed by atoms with Crippen molar-refractivity contribution in [1.29, 1.82) is 0 Å². The minimum Gasteiger partial charge on any atom is -0.503 e. The average Bonchev–Trinajstić information content (AvgIpc) is 2.08. The van der Waals surface area contributed by atoms with Crippen molar-refractivity contribution in [2.75, 3.05) is 7.11 Å². The zero-order valence-corrected chi connectivity index (χ0v) is 6.87. The summed E-state index contributed by atoms with van der Waals surface area (Å²) in [6.45, 7) is 1.79. The minimum atomic E-state index is -0.210. The first kappa shape index (κ1) is 8.52. The lowest BCUT2D eigenvalue weighted by Crippen LogP contribution is -1.84. The van der Waals surface area contributed by atoms with Gasteiger partial charge in [-0.1, -0.05) is 0 Å². The van der Waals surface area contributed by atoms with E-state index in [2.05, 4.69) is 5.18 Å². The van der Waals surface area contributed by atoms with Crippen molar-refractivity contribution < 1.29 is 9.84 Å². The van der Waals surface area contributed by atoms with Gasteiger partial charge in [-0.05, 0) is 29.8 Å². The molecule has 0 atom stereocenters. The number of methoxy groups -OCH3 is 1. The predicted molar refractivity (Wildman–Crippen MR) is 44.9 cm³/mol. The van der Waals surface area contributed by atoms with Gasteiger partial charge in [0.15, 0.2) is 17.2 Å². The first-order chi connectivity index (χ1) is 5.69. The van der Waals surface area contributed by atoms with Crippen LogP contribution in [0.5, 0.6) is 11.5 Å². The Labute approximate surface area is 69.8 Å². The van der Waals surface area contributed by atoms with E-state index in [-0.39, 0.29) is 17.2 Å². The van der Waals surface area contributed by atoms with Crippen LogP contribution in [0, 0.1) is 11.8 Å². The van der Waals surface area contributed by atoms with E-state index in [1.54, 1.807) is 13.0 Å². The summed E-state index contributed by atoms with van der Waals surface area (Å²) >= 11 is 0. The van der Waals surface area contributed by atoms with Crippen LogP contribution in [0.2, 0.25) is 0 Å². The molecular weight excluding hydrogens is 158 g/mol. The van der Waals surface area contributed by atoms with Crippen LogP contribution in [0.1, 0.15) is 5.56 Å². The Morgan fingerprint density at radius 1 is 1.50 bits per heavy atom. The molecule has 1 rings (SSSR count). The Morgan fingerprint density at radius 3 is 2.67 bits per heavy atom. The van der Waals surface area contributed by atoms with Crippen molar-refractivity contribution in [2.45, 2.75) is 6.92 Å². The van der Waals surface area contributed by atoms with Gasteiger partial charge >= 0.3 is 0 Å². The molecule has 4 heteroatoms. The standard InChI is InChI=1S/C8H9NO3/c1-5-3-6(9-11)8(10)7(4-5)12-2/h3-4,10H,1-2H3. The average molecular weight is 167 g/mol. The summed E-state index contributed by atoms with van der Waals surface area (Å²) in [5.74, 6) is 0.0581. The van der Waals surface area contributed by atoms with Crippen molar-refractivity contribution in [1.82, 2.24) is 0 Å². The number of nitrogens with zero attached hydrogens (tertiary/aromatic N) is 1. The number of hydrogen-bond acceptors (Lipinski definition) is 4. The normalized spacial score (nSPS) is 9.50. The summed E-state index contributed by atoms with van der Waals surface area (Å²) in [4.78, 5) is 10.2. The molecule has 1 aromatic carbocycles. The maximum absolute atomic E-state index is 10.2. The molecule has 0 heterocycles. The van der Waals surface area contributed by atoms with E-state index in [4.69, 9.17) is 4.74 Å². The summed E-state index contributed by atoms with van der Waals surface area (Å²) in [5.41, 5.74) is 0.825. The molecule has 0 aliphatic carbocycles. The van der Waals surface area contributed by atoms with E-state index >= 15 is 0 Å². The van der Waals surface area contributed by atoms with Crippen LogP contribution in [0.15, 0.2) is 17.3 Å². The molecule has 1 N–H and O–H groups in total. The topological polar surface area (TPSA) is 58.9 Å². The van der Waals surface area contributed by atoms with Gasteiger partial charge in [0.25, 0.3) is 0 Å². The number of hydrogen-bond donors (Lipinski definition) is 1. The molecule has 0 aromatic heterocycles. The lowest BCUT2D eigenvalue weighted by atomic mass is 10.2. The molecular formula is C8H9NO3.